The van der Waals surface area contributed by atoms with Gasteiger partial charge in [0.25, 0.3) is 5.91 Å². The number of rotatable bonds is 5. The molecule has 0 aromatic heterocycles. The summed E-state index contributed by atoms with van der Waals surface area (Å²) in [6.07, 6.45) is 0.425. The van der Waals surface area contributed by atoms with Crippen LogP contribution in [0.5, 0.6) is 5.75 Å². The van der Waals surface area contributed by atoms with Crippen molar-refractivity contribution in [1.82, 2.24) is 0 Å². The third kappa shape index (κ3) is 4.60. The third-order valence-corrected chi connectivity index (χ3v) is 3.65. The van der Waals surface area contributed by atoms with Crippen LogP contribution >= 0.6 is 15.9 Å². The van der Waals surface area contributed by atoms with Crippen LogP contribution < -0.4 is 10.1 Å². The smallest absolute Gasteiger partial charge is 0.265 e. The maximum absolute atomic E-state index is 12.1. The van der Waals surface area contributed by atoms with Gasteiger partial charge < -0.3 is 10.1 Å². The molecule has 1 atom stereocenters. The van der Waals surface area contributed by atoms with Gasteiger partial charge in [-0.1, -0.05) is 35.0 Å². The monoisotopic (exact) mass is 347 g/mol. The Bertz CT molecular complexity index is 593. The van der Waals surface area contributed by atoms with Crippen LogP contribution in [0.25, 0.3) is 0 Å². The van der Waals surface area contributed by atoms with Crippen molar-refractivity contribution in [1.29, 1.82) is 0 Å². The number of benzene rings is 2. The predicted molar refractivity (Wildman–Crippen MR) is 88.7 cm³/mol. The molecule has 1 amide bonds. The lowest BCUT2D eigenvalue weighted by molar-refractivity contribution is -0.122. The zero-order chi connectivity index (χ0) is 15.2. The van der Waals surface area contributed by atoms with E-state index in [1.165, 1.54) is 5.56 Å². The molecule has 0 aliphatic rings. The Kier molecular flexibility index (Phi) is 5.39. The van der Waals surface area contributed by atoms with Crippen molar-refractivity contribution in [3.05, 3.63) is 58.6 Å². The zero-order valence-corrected chi connectivity index (χ0v) is 13.7. The van der Waals surface area contributed by atoms with E-state index in [4.69, 9.17) is 4.74 Å². The maximum Gasteiger partial charge on any atom is 0.265 e. The van der Waals surface area contributed by atoms with Crippen LogP contribution in [-0.2, 0) is 11.2 Å². The predicted octanol–water partition coefficient (Wildman–Crippen LogP) is 4.42. The first-order chi connectivity index (χ1) is 10.1. The van der Waals surface area contributed by atoms with E-state index in [1.807, 2.05) is 48.5 Å². The van der Waals surface area contributed by atoms with Gasteiger partial charge in [-0.3, -0.25) is 4.79 Å². The molecule has 0 fully saturated rings. The standard InChI is InChI=1S/C17H18BrNO2/c1-3-13-4-8-15(9-5-13)19-17(20)12(2)21-16-10-6-14(18)7-11-16/h4-12H,3H2,1-2H3,(H,19,20)/t12-/m0/s1. The van der Waals surface area contributed by atoms with Crippen LogP contribution in [0, 0.1) is 0 Å². The van der Waals surface area contributed by atoms with E-state index in [-0.39, 0.29) is 5.91 Å². The van der Waals surface area contributed by atoms with E-state index in [1.54, 1.807) is 6.92 Å². The molecule has 1 N–H and O–H groups in total. The molecule has 0 saturated carbocycles. The number of amides is 1. The van der Waals surface area contributed by atoms with Crippen molar-refractivity contribution in [3.63, 3.8) is 0 Å². The van der Waals surface area contributed by atoms with Crippen molar-refractivity contribution in [2.24, 2.45) is 0 Å². The Balaban J connectivity index is 1.93. The second-order valence-electron chi connectivity index (χ2n) is 4.75. The van der Waals surface area contributed by atoms with E-state index in [0.717, 1.165) is 16.6 Å². The average molecular weight is 348 g/mol. The first-order valence-corrected chi connectivity index (χ1v) is 7.70. The van der Waals surface area contributed by atoms with Crippen LogP contribution in [0.15, 0.2) is 53.0 Å². The van der Waals surface area contributed by atoms with Crippen LogP contribution in [0.1, 0.15) is 19.4 Å². The Morgan fingerprint density at radius 2 is 1.76 bits per heavy atom. The minimum atomic E-state index is -0.558. The summed E-state index contributed by atoms with van der Waals surface area (Å²) in [6.45, 7) is 3.83. The third-order valence-electron chi connectivity index (χ3n) is 3.13. The Morgan fingerprint density at radius 1 is 1.14 bits per heavy atom. The van der Waals surface area contributed by atoms with Gasteiger partial charge in [-0.2, -0.15) is 0 Å². The topological polar surface area (TPSA) is 38.3 Å². The number of halogens is 1. The van der Waals surface area contributed by atoms with Crippen LogP contribution in [0.3, 0.4) is 0 Å². The molecule has 2 aromatic rings. The quantitative estimate of drug-likeness (QED) is 0.869. The number of hydrogen-bond donors (Lipinski definition) is 1. The Labute approximate surface area is 133 Å². The second kappa shape index (κ2) is 7.27. The number of hydrogen-bond acceptors (Lipinski definition) is 2. The number of anilines is 1. The molecule has 0 aliphatic carbocycles. The molecule has 4 heteroatoms. The molecule has 0 spiro atoms. The molecule has 0 saturated heterocycles. The highest BCUT2D eigenvalue weighted by Crippen LogP contribution is 2.18. The molecule has 0 radical (unpaired) electrons. The fourth-order valence-electron chi connectivity index (χ4n) is 1.84. The van der Waals surface area contributed by atoms with Gasteiger partial charge in [-0.25, -0.2) is 0 Å². The summed E-state index contributed by atoms with van der Waals surface area (Å²) in [4.78, 5) is 12.1. The lowest BCUT2D eigenvalue weighted by atomic mass is 10.1. The highest BCUT2D eigenvalue weighted by atomic mass is 79.9. The lowest BCUT2D eigenvalue weighted by Crippen LogP contribution is -2.30. The lowest BCUT2D eigenvalue weighted by Gasteiger charge is -2.15. The van der Waals surface area contributed by atoms with Gasteiger partial charge in [0.1, 0.15) is 5.75 Å². The normalized spacial score (nSPS) is 11.8. The molecule has 3 nitrogen and oxygen atoms in total. The summed E-state index contributed by atoms with van der Waals surface area (Å²) in [7, 11) is 0. The van der Waals surface area contributed by atoms with E-state index in [0.29, 0.717) is 5.75 Å². The van der Waals surface area contributed by atoms with Crippen LogP contribution in [0.4, 0.5) is 5.69 Å². The fourth-order valence-corrected chi connectivity index (χ4v) is 2.10. The van der Waals surface area contributed by atoms with Crippen molar-refractivity contribution < 1.29 is 9.53 Å². The van der Waals surface area contributed by atoms with Crippen LogP contribution in [0.2, 0.25) is 0 Å². The maximum atomic E-state index is 12.1. The van der Waals surface area contributed by atoms with Gasteiger partial charge in [0, 0.05) is 10.2 Å². The SMILES string of the molecule is CCc1ccc(NC(=O)[C@H](C)Oc2ccc(Br)cc2)cc1. The molecule has 21 heavy (non-hydrogen) atoms. The summed E-state index contributed by atoms with van der Waals surface area (Å²) in [6, 6.07) is 15.2. The fraction of sp³-hybridized carbons (Fsp3) is 0.235. The zero-order valence-electron chi connectivity index (χ0n) is 12.1. The van der Waals surface area contributed by atoms with E-state index in [2.05, 4.69) is 28.2 Å². The van der Waals surface area contributed by atoms with Crippen molar-refractivity contribution in [2.45, 2.75) is 26.4 Å². The van der Waals surface area contributed by atoms with E-state index < -0.39 is 6.10 Å². The van der Waals surface area contributed by atoms with Crippen molar-refractivity contribution in [3.8, 4) is 5.75 Å². The molecule has 0 unspecified atom stereocenters. The summed E-state index contributed by atoms with van der Waals surface area (Å²) in [5.74, 6) is 0.504. The van der Waals surface area contributed by atoms with Gasteiger partial charge in [0.15, 0.2) is 6.10 Å². The number of aryl methyl sites for hydroxylation is 1. The first kappa shape index (κ1) is 15.6. The second-order valence-corrected chi connectivity index (χ2v) is 5.67. The molecule has 0 bridgehead atoms. The molecule has 110 valence electrons. The summed E-state index contributed by atoms with van der Waals surface area (Å²) in [5.41, 5.74) is 2.02. The van der Waals surface area contributed by atoms with E-state index >= 15 is 0 Å². The van der Waals surface area contributed by atoms with Gasteiger partial charge in [0.2, 0.25) is 0 Å². The van der Waals surface area contributed by atoms with Crippen molar-refractivity contribution >= 4 is 27.5 Å². The highest BCUT2D eigenvalue weighted by molar-refractivity contribution is 9.10. The minimum absolute atomic E-state index is 0.165. The highest BCUT2D eigenvalue weighted by Gasteiger charge is 2.14. The van der Waals surface area contributed by atoms with Gasteiger partial charge >= 0.3 is 0 Å². The number of ether oxygens (including phenoxy) is 1. The molecule has 0 aliphatic heterocycles. The first-order valence-electron chi connectivity index (χ1n) is 6.90. The molecular formula is C17H18BrNO2. The minimum Gasteiger partial charge on any atom is -0.481 e. The largest absolute Gasteiger partial charge is 0.481 e. The Morgan fingerprint density at radius 3 is 2.33 bits per heavy atom. The average Bonchev–Trinajstić information content (AvgIpc) is 2.50. The summed E-state index contributed by atoms with van der Waals surface area (Å²) in [5, 5.41) is 2.85. The number of carbonyl (C=O) groups is 1. The summed E-state index contributed by atoms with van der Waals surface area (Å²) >= 11 is 3.36. The molecule has 0 heterocycles. The van der Waals surface area contributed by atoms with Gasteiger partial charge in [0.05, 0.1) is 0 Å². The number of nitrogens with one attached hydrogen (secondary N) is 1. The summed E-state index contributed by atoms with van der Waals surface area (Å²) < 4.78 is 6.59. The van der Waals surface area contributed by atoms with Crippen molar-refractivity contribution in [2.75, 3.05) is 5.32 Å². The molecule has 2 rings (SSSR count). The molecular weight excluding hydrogens is 330 g/mol. The number of carbonyl (C=O) groups excluding carboxylic acids is 1. The molecule has 2 aromatic carbocycles. The Hall–Kier alpha value is -1.81. The van der Waals surface area contributed by atoms with Gasteiger partial charge in [-0.05, 0) is 55.3 Å². The van der Waals surface area contributed by atoms with E-state index in [9.17, 15) is 4.79 Å². The van der Waals surface area contributed by atoms with Crippen LogP contribution in [-0.4, -0.2) is 12.0 Å². The van der Waals surface area contributed by atoms with Gasteiger partial charge in [-0.15, -0.1) is 0 Å².